The van der Waals surface area contributed by atoms with Crippen LogP contribution in [0, 0.1) is 0 Å². The van der Waals surface area contributed by atoms with Crippen LogP contribution in [-0.2, 0) is 14.9 Å². The Labute approximate surface area is 135 Å². The maximum absolute atomic E-state index is 11.6. The Balaban J connectivity index is 1.91. The molecule has 7 heteroatoms. The van der Waals surface area contributed by atoms with Crippen LogP contribution in [-0.4, -0.2) is 37.2 Å². The Morgan fingerprint density at radius 1 is 1.35 bits per heavy atom. The molecule has 1 aliphatic rings. The molecule has 1 atom stereocenters. The molecule has 6 nitrogen and oxygen atoms in total. The van der Waals surface area contributed by atoms with Crippen LogP contribution in [0.15, 0.2) is 47.6 Å². The molecule has 0 bridgehead atoms. The fourth-order valence-electron chi connectivity index (χ4n) is 2.65. The lowest BCUT2D eigenvalue weighted by Crippen LogP contribution is -2.18. The normalized spacial score (nSPS) is 18.0. The summed E-state index contributed by atoms with van der Waals surface area (Å²) in [6.45, 7) is 1.45. The van der Waals surface area contributed by atoms with Crippen LogP contribution >= 0.6 is 0 Å². The van der Waals surface area contributed by atoms with E-state index >= 15 is 0 Å². The summed E-state index contributed by atoms with van der Waals surface area (Å²) in [5.41, 5.74) is 1.81. The first kappa shape index (κ1) is 15.9. The highest BCUT2D eigenvalue weighted by Gasteiger charge is 2.18. The molecule has 0 saturated carbocycles. The van der Waals surface area contributed by atoms with Crippen LogP contribution < -0.4 is 5.32 Å². The molecule has 2 aromatic rings. The van der Waals surface area contributed by atoms with Gasteiger partial charge >= 0.3 is 0 Å². The molecule has 0 aliphatic carbocycles. The van der Waals surface area contributed by atoms with Crippen molar-refractivity contribution in [3.05, 3.63) is 42.7 Å². The third kappa shape index (κ3) is 3.87. The second-order valence-electron chi connectivity index (χ2n) is 5.44. The summed E-state index contributed by atoms with van der Waals surface area (Å²) in [6, 6.07) is 8.21. The van der Waals surface area contributed by atoms with Crippen molar-refractivity contribution in [1.29, 1.82) is 0 Å². The maximum atomic E-state index is 11.6. The first-order chi connectivity index (χ1) is 11.0. The monoisotopic (exact) mass is 334 g/mol. The summed E-state index contributed by atoms with van der Waals surface area (Å²) in [7, 11) is -4.31. The van der Waals surface area contributed by atoms with Gasteiger partial charge in [-0.25, -0.2) is 0 Å². The highest BCUT2D eigenvalue weighted by atomic mass is 32.2. The van der Waals surface area contributed by atoms with Crippen molar-refractivity contribution in [2.45, 2.75) is 23.8 Å². The molecule has 1 saturated heterocycles. The van der Waals surface area contributed by atoms with Gasteiger partial charge in [-0.15, -0.1) is 0 Å². The molecule has 1 aromatic heterocycles. The molecule has 0 spiro atoms. The number of anilines is 1. The zero-order valence-electron chi connectivity index (χ0n) is 12.5. The van der Waals surface area contributed by atoms with Gasteiger partial charge in [-0.2, -0.15) is 8.42 Å². The van der Waals surface area contributed by atoms with Gasteiger partial charge in [-0.3, -0.25) is 9.54 Å². The third-order valence-electron chi connectivity index (χ3n) is 3.79. The largest absolute Gasteiger partial charge is 0.382 e. The smallest absolute Gasteiger partial charge is 0.295 e. The number of aromatic nitrogens is 1. The fraction of sp³-hybridized carbons (Fsp3) is 0.312. The van der Waals surface area contributed by atoms with E-state index < -0.39 is 10.1 Å². The second-order valence-corrected chi connectivity index (χ2v) is 6.83. The molecule has 2 heterocycles. The first-order valence-corrected chi connectivity index (χ1v) is 8.85. The van der Waals surface area contributed by atoms with Crippen LogP contribution in [0.5, 0.6) is 0 Å². The van der Waals surface area contributed by atoms with E-state index in [4.69, 9.17) is 4.74 Å². The summed E-state index contributed by atoms with van der Waals surface area (Å²) >= 11 is 0. The van der Waals surface area contributed by atoms with Crippen molar-refractivity contribution >= 4 is 15.8 Å². The van der Waals surface area contributed by atoms with E-state index in [1.807, 2.05) is 0 Å². The standard InChI is InChI=1S/C16H18N2O4S/c19-23(20,21)16-6-5-13(18-11-14-4-2-8-22-14)9-15(16)12-3-1-7-17-10-12/h1,3,5-7,9-10,14,18H,2,4,8,11H2,(H,19,20,21). The van der Waals surface area contributed by atoms with Gasteiger partial charge in [0.1, 0.15) is 4.90 Å². The molecule has 2 N–H and O–H groups in total. The third-order valence-corrected chi connectivity index (χ3v) is 4.70. The fourth-order valence-corrected chi connectivity index (χ4v) is 3.34. The van der Waals surface area contributed by atoms with E-state index in [0.29, 0.717) is 17.7 Å². The molecule has 1 fully saturated rings. The zero-order chi connectivity index (χ0) is 16.3. The van der Waals surface area contributed by atoms with Crippen molar-refractivity contribution in [2.75, 3.05) is 18.5 Å². The van der Waals surface area contributed by atoms with Crippen LogP contribution in [0.4, 0.5) is 5.69 Å². The number of hydrogen-bond acceptors (Lipinski definition) is 5. The number of pyridine rings is 1. The topological polar surface area (TPSA) is 88.5 Å². The van der Waals surface area contributed by atoms with Gasteiger partial charge in [0.2, 0.25) is 0 Å². The number of benzene rings is 1. The molecule has 23 heavy (non-hydrogen) atoms. The van der Waals surface area contributed by atoms with Crippen LogP contribution in [0.1, 0.15) is 12.8 Å². The Morgan fingerprint density at radius 2 is 2.22 bits per heavy atom. The van der Waals surface area contributed by atoms with Crippen molar-refractivity contribution in [3.8, 4) is 11.1 Å². The van der Waals surface area contributed by atoms with E-state index in [9.17, 15) is 13.0 Å². The van der Waals surface area contributed by atoms with E-state index in [2.05, 4.69) is 10.3 Å². The molecule has 122 valence electrons. The van der Waals surface area contributed by atoms with Gasteiger partial charge in [0, 0.05) is 42.4 Å². The Bertz CT molecular complexity index is 772. The summed E-state index contributed by atoms with van der Waals surface area (Å²) in [5.74, 6) is 0. The van der Waals surface area contributed by atoms with E-state index in [1.54, 1.807) is 36.7 Å². The minimum absolute atomic E-state index is 0.131. The Hall–Kier alpha value is -1.96. The molecule has 1 aromatic carbocycles. The molecule has 1 unspecified atom stereocenters. The van der Waals surface area contributed by atoms with Crippen LogP contribution in [0.25, 0.3) is 11.1 Å². The Morgan fingerprint density at radius 3 is 2.87 bits per heavy atom. The van der Waals surface area contributed by atoms with Gasteiger partial charge in [0.15, 0.2) is 0 Å². The average molecular weight is 334 g/mol. The van der Waals surface area contributed by atoms with Gasteiger partial charge in [0.25, 0.3) is 10.1 Å². The maximum Gasteiger partial charge on any atom is 0.295 e. The number of rotatable bonds is 5. The second kappa shape index (κ2) is 6.66. The lowest BCUT2D eigenvalue weighted by atomic mass is 10.1. The van der Waals surface area contributed by atoms with Crippen molar-refractivity contribution in [1.82, 2.24) is 4.98 Å². The van der Waals surface area contributed by atoms with Crippen LogP contribution in [0.2, 0.25) is 0 Å². The lowest BCUT2D eigenvalue weighted by molar-refractivity contribution is 0.120. The highest BCUT2D eigenvalue weighted by molar-refractivity contribution is 7.86. The number of nitrogens with one attached hydrogen (secondary N) is 1. The van der Waals surface area contributed by atoms with E-state index in [1.165, 1.54) is 6.07 Å². The summed E-state index contributed by atoms with van der Waals surface area (Å²) in [6.07, 6.45) is 5.43. The van der Waals surface area contributed by atoms with Crippen molar-refractivity contribution in [3.63, 3.8) is 0 Å². The molecule has 3 rings (SSSR count). The predicted molar refractivity (Wildman–Crippen MR) is 87.0 cm³/mol. The lowest BCUT2D eigenvalue weighted by Gasteiger charge is -2.14. The van der Waals surface area contributed by atoms with Gasteiger partial charge < -0.3 is 10.1 Å². The predicted octanol–water partition coefficient (Wildman–Crippen LogP) is 2.59. The van der Waals surface area contributed by atoms with E-state index in [0.717, 1.165) is 25.1 Å². The zero-order valence-corrected chi connectivity index (χ0v) is 13.3. The summed E-state index contributed by atoms with van der Waals surface area (Å²) < 4.78 is 38.2. The first-order valence-electron chi connectivity index (χ1n) is 7.41. The van der Waals surface area contributed by atoms with Crippen molar-refractivity contribution in [2.24, 2.45) is 0 Å². The average Bonchev–Trinajstić information content (AvgIpc) is 3.06. The number of ether oxygens (including phenoxy) is 1. The number of hydrogen-bond donors (Lipinski definition) is 2. The minimum atomic E-state index is -4.31. The van der Waals surface area contributed by atoms with Gasteiger partial charge in [-0.1, -0.05) is 6.07 Å². The molecular formula is C16H18N2O4S. The summed E-state index contributed by atoms with van der Waals surface area (Å²) in [5, 5.41) is 3.25. The van der Waals surface area contributed by atoms with E-state index in [-0.39, 0.29) is 11.0 Å². The minimum Gasteiger partial charge on any atom is -0.382 e. The van der Waals surface area contributed by atoms with Crippen LogP contribution in [0.3, 0.4) is 0 Å². The SMILES string of the molecule is O=S(=O)(O)c1ccc(NCC2CCCO2)cc1-c1cccnc1. The van der Waals surface area contributed by atoms with Crippen molar-refractivity contribution < 1.29 is 17.7 Å². The molecular weight excluding hydrogens is 316 g/mol. The summed E-state index contributed by atoms with van der Waals surface area (Å²) in [4.78, 5) is 3.87. The number of nitrogens with zero attached hydrogens (tertiary/aromatic N) is 1. The molecule has 1 aliphatic heterocycles. The highest BCUT2D eigenvalue weighted by Crippen LogP contribution is 2.30. The Kier molecular flexibility index (Phi) is 4.61. The molecule has 0 radical (unpaired) electrons. The van der Waals surface area contributed by atoms with Gasteiger partial charge in [0.05, 0.1) is 6.10 Å². The van der Waals surface area contributed by atoms with Gasteiger partial charge in [-0.05, 0) is 37.1 Å². The molecule has 0 amide bonds. The quantitative estimate of drug-likeness (QED) is 0.817.